The van der Waals surface area contributed by atoms with E-state index < -0.39 is 0 Å². The lowest BCUT2D eigenvalue weighted by molar-refractivity contribution is 0.468. The van der Waals surface area contributed by atoms with Gasteiger partial charge >= 0.3 is 0 Å². The second-order valence-electron chi connectivity index (χ2n) is 2.42. The molecule has 1 heterocycles. The van der Waals surface area contributed by atoms with Gasteiger partial charge < -0.3 is 4.74 Å². The van der Waals surface area contributed by atoms with Crippen molar-refractivity contribution in [2.75, 3.05) is 0 Å². The zero-order valence-corrected chi connectivity index (χ0v) is 9.10. The summed E-state index contributed by atoms with van der Waals surface area (Å²) in [7, 11) is 0. The number of aromatic nitrogens is 2. The van der Waals surface area contributed by atoms with Crippen LogP contribution in [0.3, 0.4) is 0 Å². The van der Waals surface area contributed by atoms with E-state index in [0.29, 0.717) is 16.7 Å². The number of ether oxygens (including phenoxy) is 1. The van der Waals surface area contributed by atoms with Crippen LogP contribution in [0.2, 0.25) is 10.2 Å². The Bertz CT molecular complexity index is 446. The first-order chi connectivity index (χ1) is 6.75. The summed E-state index contributed by atoms with van der Waals surface area (Å²) in [5, 5.41) is 0.858. The van der Waals surface area contributed by atoms with Crippen molar-refractivity contribution in [3.63, 3.8) is 0 Å². The molecule has 0 amide bonds. The van der Waals surface area contributed by atoms with Crippen LogP contribution in [0.1, 0.15) is 0 Å². The van der Waals surface area contributed by atoms with Gasteiger partial charge in [-0.15, -0.1) is 4.37 Å². The Kier molecular flexibility index (Phi) is 2.86. The van der Waals surface area contributed by atoms with E-state index in [1.165, 1.54) is 0 Å². The van der Waals surface area contributed by atoms with E-state index in [1.54, 1.807) is 24.3 Å². The third kappa shape index (κ3) is 2.15. The van der Waals surface area contributed by atoms with Crippen molar-refractivity contribution in [2.45, 2.75) is 0 Å². The molecule has 0 atom stereocenters. The largest absolute Gasteiger partial charge is 0.436 e. The molecular formula is C8H4Cl2N2OS. The van der Waals surface area contributed by atoms with Crippen molar-refractivity contribution < 1.29 is 4.74 Å². The topological polar surface area (TPSA) is 35.0 Å². The normalized spacial score (nSPS) is 10.1. The maximum atomic E-state index is 5.78. The number of benzene rings is 1. The van der Waals surface area contributed by atoms with Crippen molar-refractivity contribution in [1.29, 1.82) is 0 Å². The Morgan fingerprint density at radius 3 is 2.71 bits per heavy atom. The molecule has 2 aromatic rings. The first-order valence-corrected chi connectivity index (χ1v) is 5.16. The predicted molar refractivity (Wildman–Crippen MR) is 56.4 cm³/mol. The van der Waals surface area contributed by atoms with Crippen LogP contribution >= 0.6 is 34.9 Å². The molecule has 0 spiro atoms. The fourth-order valence-electron chi connectivity index (χ4n) is 0.873. The average Bonchev–Trinajstić information content (AvgIpc) is 2.52. The summed E-state index contributed by atoms with van der Waals surface area (Å²) < 4.78 is 13.0. The van der Waals surface area contributed by atoms with Crippen LogP contribution in [-0.2, 0) is 0 Å². The maximum Gasteiger partial charge on any atom is 0.270 e. The van der Waals surface area contributed by atoms with Crippen molar-refractivity contribution in [2.24, 2.45) is 0 Å². The third-order valence-corrected chi connectivity index (χ3v) is 2.52. The molecule has 0 saturated heterocycles. The quantitative estimate of drug-likeness (QED) is 0.812. The van der Waals surface area contributed by atoms with Gasteiger partial charge in [-0.05, 0) is 18.2 Å². The highest BCUT2D eigenvalue weighted by molar-refractivity contribution is 6.99. The van der Waals surface area contributed by atoms with E-state index in [9.17, 15) is 0 Å². The number of nitrogens with zero attached hydrogens (tertiary/aromatic N) is 2. The summed E-state index contributed by atoms with van der Waals surface area (Å²) >= 11 is 12.5. The minimum atomic E-state index is 0.259. The predicted octanol–water partition coefficient (Wildman–Crippen LogP) is 3.64. The Labute approximate surface area is 94.6 Å². The number of rotatable bonds is 2. The zero-order valence-electron chi connectivity index (χ0n) is 6.78. The molecule has 0 fully saturated rings. The molecule has 0 saturated carbocycles. The highest BCUT2D eigenvalue weighted by atomic mass is 35.5. The van der Waals surface area contributed by atoms with Gasteiger partial charge in [-0.25, -0.2) is 0 Å². The molecule has 0 bridgehead atoms. The van der Waals surface area contributed by atoms with Gasteiger partial charge in [0.25, 0.3) is 5.88 Å². The van der Waals surface area contributed by atoms with Gasteiger partial charge in [-0.2, -0.15) is 4.37 Å². The molecule has 0 unspecified atom stereocenters. The van der Waals surface area contributed by atoms with Crippen LogP contribution in [0.4, 0.5) is 0 Å². The van der Waals surface area contributed by atoms with Gasteiger partial charge in [0, 0.05) is 5.02 Å². The molecular weight excluding hydrogens is 243 g/mol. The van der Waals surface area contributed by atoms with Crippen molar-refractivity contribution in [3.8, 4) is 11.6 Å². The SMILES string of the molecule is Clc1cccc(Oc2nsnc2Cl)c1. The van der Waals surface area contributed by atoms with Crippen LogP contribution in [0.25, 0.3) is 0 Å². The smallest absolute Gasteiger partial charge is 0.270 e. The Balaban J connectivity index is 2.23. The summed E-state index contributed by atoms with van der Waals surface area (Å²) in [6, 6.07) is 6.99. The van der Waals surface area contributed by atoms with E-state index in [4.69, 9.17) is 27.9 Å². The van der Waals surface area contributed by atoms with Crippen molar-refractivity contribution >= 4 is 34.9 Å². The lowest BCUT2D eigenvalue weighted by atomic mass is 10.3. The Morgan fingerprint density at radius 2 is 2.07 bits per heavy atom. The molecule has 14 heavy (non-hydrogen) atoms. The Hall–Kier alpha value is -0.840. The molecule has 6 heteroatoms. The molecule has 3 nitrogen and oxygen atoms in total. The minimum Gasteiger partial charge on any atom is -0.436 e. The van der Waals surface area contributed by atoms with Gasteiger partial charge in [-0.1, -0.05) is 29.3 Å². The van der Waals surface area contributed by atoms with Gasteiger partial charge in [0.1, 0.15) is 5.75 Å². The highest BCUT2D eigenvalue weighted by Crippen LogP contribution is 2.28. The summed E-state index contributed by atoms with van der Waals surface area (Å²) in [5.74, 6) is 0.894. The van der Waals surface area contributed by atoms with Gasteiger partial charge in [0.05, 0.1) is 11.7 Å². The average molecular weight is 247 g/mol. The second-order valence-corrected chi connectivity index (χ2v) is 3.74. The number of halogens is 2. The van der Waals surface area contributed by atoms with Gasteiger partial charge in [-0.3, -0.25) is 0 Å². The molecule has 1 aromatic heterocycles. The molecule has 72 valence electrons. The van der Waals surface area contributed by atoms with Crippen LogP contribution in [0.15, 0.2) is 24.3 Å². The molecule has 2 rings (SSSR count). The van der Waals surface area contributed by atoms with Gasteiger partial charge in [0.15, 0.2) is 0 Å². The standard InChI is InChI=1S/C8H4Cl2N2OS/c9-5-2-1-3-6(4-5)13-8-7(10)11-14-12-8/h1-4H. The lowest BCUT2D eigenvalue weighted by Crippen LogP contribution is -1.83. The van der Waals surface area contributed by atoms with Crippen molar-refractivity contribution in [1.82, 2.24) is 8.75 Å². The lowest BCUT2D eigenvalue weighted by Gasteiger charge is -2.01. The fraction of sp³-hybridized carbons (Fsp3) is 0. The first-order valence-electron chi connectivity index (χ1n) is 3.67. The maximum absolute atomic E-state index is 5.78. The Morgan fingerprint density at radius 1 is 1.21 bits per heavy atom. The molecule has 0 aliphatic rings. The van der Waals surface area contributed by atoms with Gasteiger partial charge in [0.2, 0.25) is 5.15 Å². The summed E-state index contributed by atoms with van der Waals surface area (Å²) in [6.07, 6.45) is 0. The number of hydrogen-bond donors (Lipinski definition) is 0. The van der Waals surface area contributed by atoms with E-state index in [-0.39, 0.29) is 5.15 Å². The van der Waals surface area contributed by atoms with E-state index in [2.05, 4.69) is 8.75 Å². The summed E-state index contributed by atoms with van der Waals surface area (Å²) in [5.41, 5.74) is 0. The monoisotopic (exact) mass is 246 g/mol. The van der Waals surface area contributed by atoms with Crippen LogP contribution in [0.5, 0.6) is 11.6 Å². The minimum absolute atomic E-state index is 0.259. The van der Waals surface area contributed by atoms with E-state index in [1.807, 2.05) is 0 Å². The summed E-state index contributed by atoms with van der Waals surface area (Å²) in [4.78, 5) is 0. The molecule has 0 N–H and O–H groups in total. The molecule has 0 aliphatic carbocycles. The molecule has 0 radical (unpaired) electrons. The third-order valence-electron chi connectivity index (χ3n) is 1.43. The van der Waals surface area contributed by atoms with E-state index >= 15 is 0 Å². The van der Waals surface area contributed by atoms with Crippen LogP contribution in [0, 0.1) is 0 Å². The molecule has 1 aromatic carbocycles. The van der Waals surface area contributed by atoms with Crippen LogP contribution < -0.4 is 4.74 Å². The molecule has 0 aliphatic heterocycles. The first kappa shape index (κ1) is 9.71. The van der Waals surface area contributed by atoms with E-state index in [0.717, 1.165) is 11.7 Å². The summed E-state index contributed by atoms with van der Waals surface area (Å²) in [6.45, 7) is 0. The fourth-order valence-corrected chi connectivity index (χ4v) is 1.67. The van der Waals surface area contributed by atoms with Crippen LogP contribution in [-0.4, -0.2) is 8.75 Å². The van der Waals surface area contributed by atoms with Crippen molar-refractivity contribution in [3.05, 3.63) is 34.4 Å². The number of hydrogen-bond acceptors (Lipinski definition) is 4. The zero-order chi connectivity index (χ0) is 9.97. The highest BCUT2D eigenvalue weighted by Gasteiger charge is 2.07. The second kappa shape index (κ2) is 4.13.